The van der Waals surface area contributed by atoms with E-state index in [9.17, 15) is 19.8 Å². The lowest BCUT2D eigenvalue weighted by molar-refractivity contribution is -0.154. The van der Waals surface area contributed by atoms with Gasteiger partial charge in [-0.15, -0.1) is 0 Å². The Kier molecular flexibility index (Phi) is 6.60. The SMILES string of the molecule is Cc1nc2ccccc2n1CC(O)COc1ccc(NC(=O)C2CCC(C)(C(=O)O)C2(C)C)cc1. The minimum absolute atomic E-state index is 0.113. The molecule has 0 spiro atoms. The largest absolute Gasteiger partial charge is 0.491 e. The fourth-order valence-corrected chi connectivity index (χ4v) is 5.09. The van der Waals surface area contributed by atoms with Crippen LogP contribution in [0, 0.1) is 23.7 Å². The molecule has 1 aromatic heterocycles. The fourth-order valence-electron chi connectivity index (χ4n) is 5.09. The van der Waals surface area contributed by atoms with Gasteiger partial charge in [-0.2, -0.15) is 0 Å². The number of fused-ring (bicyclic) bond motifs is 1. The summed E-state index contributed by atoms with van der Waals surface area (Å²) in [4.78, 5) is 29.3. The van der Waals surface area contributed by atoms with Gasteiger partial charge in [-0.25, -0.2) is 4.98 Å². The highest BCUT2D eigenvalue weighted by Gasteiger charge is 2.58. The molecule has 8 heteroatoms. The number of imidazole rings is 1. The van der Waals surface area contributed by atoms with Crippen molar-refractivity contribution in [3.8, 4) is 5.75 Å². The molecule has 1 saturated carbocycles. The Morgan fingerprint density at radius 2 is 1.86 bits per heavy atom. The van der Waals surface area contributed by atoms with Crippen LogP contribution in [-0.4, -0.2) is 44.4 Å². The number of carbonyl (C=O) groups excluding carboxylic acids is 1. The summed E-state index contributed by atoms with van der Waals surface area (Å²) in [5.41, 5.74) is 0.876. The molecule has 0 bridgehead atoms. The number of para-hydroxylation sites is 2. The summed E-state index contributed by atoms with van der Waals surface area (Å²) in [6.07, 6.45) is 0.280. The van der Waals surface area contributed by atoms with Crippen LogP contribution in [-0.2, 0) is 16.1 Å². The predicted molar refractivity (Wildman–Crippen MR) is 133 cm³/mol. The maximum absolute atomic E-state index is 12.9. The van der Waals surface area contributed by atoms with Gasteiger partial charge in [0.25, 0.3) is 0 Å². The smallest absolute Gasteiger partial charge is 0.309 e. The quantitative estimate of drug-likeness (QED) is 0.445. The summed E-state index contributed by atoms with van der Waals surface area (Å²) < 4.78 is 7.73. The molecule has 35 heavy (non-hydrogen) atoms. The van der Waals surface area contributed by atoms with Crippen LogP contribution in [0.3, 0.4) is 0 Å². The number of benzene rings is 2. The maximum Gasteiger partial charge on any atom is 0.309 e. The van der Waals surface area contributed by atoms with Crippen LogP contribution in [0.15, 0.2) is 48.5 Å². The number of ether oxygens (including phenoxy) is 1. The molecular formula is C27H33N3O5. The number of aliphatic hydroxyl groups excluding tert-OH is 1. The van der Waals surface area contributed by atoms with Crippen molar-refractivity contribution in [2.24, 2.45) is 16.7 Å². The van der Waals surface area contributed by atoms with E-state index in [2.05, 4.69) is 10.3 Å². The van der Waals surface area contributed by atoms with Gasteiger partial charge < -0.3 is 24.8 Å². The number of carboxylic acids is 1. The molecule has 3 unspecified atom stereocenters. The first kappa shape index (κ1) is 24.7. The zero-order valence-corrected chi connectivity index (χ0v) is 20.6. The number of anilines is 1. The van der Waals surface area contributed by atoms with Gasteiger partial charge in [0.2, 0.25) is 5.91 Å². The number of rotatable bonds is 8. The minimum atomic E-state index is -0.935. The molecule has 2 aromatic carbocycles. The summed E-state index contributed by atoms with van der Waals surface area (Å²) in [6.45, 7) is 7.83. The van der Waals surface area contributed by atoms with E-state index >= 15 is 0 Å². The van der Waals surface area contributed by atoms with E-state index in [0.29, 0.717) is 30.8 Å². The van der Waals surface area contributed by atoms with Crippen LogP contribution in [0.2, 0.25) is 0 Å². The molecule has 0 radical (unpaired) electrons. The number of nitrogens with zero attached hydrogens (tertiary/aromatic N) is 2. The van der Waals surface area contributed by atoms with Gasteiger partial charge in [-0.3, -0.25) is 9.59 Å². The number of nitrogens with one attached hydrogen (secondary N) is 1. The number of hydrogen-bond acceptors (Lipinski definition) is 5. The number of carboxylic acid groups (broad SMARTS) is 1. The lowest BCUT2D eigenvalue weighted by atomic mass is 9.65. The van der Waals surface area contributed by atoms with Gasteiger partial charge in [-0.1, -0.05) is 26.0 Å². The Hall–Kier alpha value is -3.39. The summed E-state index contributed by atoms with van der Waals surface area (Å²) in [5.74, 6) is -0.0179. The molecule has 1 heterocycles. The van der Waals surface area contributed by atoms with Crippen molar-refractivity contribution in [2.75, 3.05) is 11.9 Å². The zero-order valence-electron chi connectivity index (χ0n) is 20.6. The average Bonchev–Trinajstić information content (AvgIpc) is 3.26. The normalized spacial score (nSPS) is 22.1. The molecule has 3 aromatic rings. The molecular weight excluding hydrogens is 446 g/mol. The van der Waals surface area contributed by atoms with Crippen LogP contribution in [0.1, 0.15) is 39.4 Å². The highest BCUT2D eigenvalue weighted by atomic mass is 16.5. The molecule has 0 saturated heterocycles. The first-order chi connectivity index (χ1) is 16.5. The monoisotopic (exact) mass is 479 g/mol. The van der Waals surface area contributed by atoms with Gasteiger partial charge in [0.05, 0.1) is 23.0 Å². The number of carbonyl (C=O) groups is 2. The van der Waals surface area contributed by atoms with Gasteiger partial charge in [0.15, 0.2) is 0 Å². The van der Waals surface area contributed by atoms with E-state index < -0.39 is 28.8 Å². The first-order valence-corrected chi connectivity index (χ1v) is 11.9. The lowest BCUT2D eigenvalue weighted by Crippen LogP contribution is -2.43. The van der Waals surface area contributed by atoms with Gasteiger partial charge in [0, 0.05) is 11.6 Å². The van der Waals surface area contributed by atoms with Gasteiger partial charge in [-0.05, 0) is 68.5 Å². The van der Waals surface area contributed by atoms with E-state index in [0.717, 1.165) is 16.9 Å². The summed E-state index contributed by atoms with van der Waals surface area (Å²) in [6, 6.07) is 14.8. The second kappa shape index (κ2) is 9.34. The van der Waals surface area contributed by atoms with Crippen molar-refractivity contribution in [3.05, 3.63) is 54.4 Å². The Balaban J connectivity index is 1.32. The molecule has 1 amide bonds. The number of aryl methyl sites for hydroxylation is 1. The van der Waals surface area contributed by atoms with Crippen molar-refractivity contribution >= 4 is 28.6 Å². The third kappa shape index (κ3) is 4.62. The minimum Gasteiger partial charge on any atom is -0.491 e. The third-order valence-corrected chi connectivity index (χ3v) is 7.82. The lowest BCUT2D eigenvalue weighted by Gasteiger charge is -2.37. The van der Waals surface area contributed by atoms with Crippen LogP contribution in [0.4, 0.5) is 5.69 Å². The van der Waals surface area contributed by atoms with Crippen molar-refractivity contribution in [2.45, 2.75) is 53.2 Å². The second-order valence-corrected chi connectivity index (χ2v) is 10.2. The highest BCUT2D eigenvalue weighted by molar-refractivity contribution is 5.94. The van der Waals surface area contributed by atoms with Crippen LogP contribution >= 0.6 is 0 Å². The Labute approximate surface area is 204 Å². The molecule has 1 aliphatic carbocycles. The highest BCUT2D eigenvalue weighted by Crippen LogP contribution is 2.56. The number of aliphatic carboxylic acids is 1. The fraction of sp³-hybridized carbons (Fsp3) is 0.444. The van der Waals surface area contributed by atoms with Crippen molar-refractivity contribution in [1.29, 1.82) is 0 Å². The standard InChI is InChI=1S/C27H33N3O5/c1-17-28-22-7-5-6-8-23(22)30(17)15-19(31)16-35-20-11-9-18(10-12-20)29-24(32)21-13-14-27(4,25(33)34)26(21,2)3/h5-12,19,21,31H,13-16H2,1-4H3,(H,29,32)(H,33,34). The Morgan fingerprint density at radius 3 is 2.51 bits per heavy atom. The molecule has 0 aliphatic heterocycles. The predicted octanol–water partition coefficient (Wildman–Crippen LogP) is 4.25. The van der Waals surface area contributed by atoms with Crippen LogP contribution in [0.5, 0.6) is 5.75 Å². The van der Waals surface area contributed by atoms with E-state index in [1.54, 1.807) is 31.2 Å². The van der Waals surface area contributed by atoms with E-state index in [1.165, 1.54) is 0 Å². The molecule has 1 fully saturated rings. The van der Waals surface area contributed by atoms with Crippen molar-refractivity contribution < 1.29 is 24.5 Å². The topological polar surface area (TPSA) is 114 Å². The van der Waals surface area contributed by atoms with Crippen LogP contribution in [0.25, 0.3) is 11.0 Å². The maximum atomic E-state index is 12.9. The third-order valence-electron chi connectivity index (χ3n) is 7.82. The average molecular weight is 480 g/mol. The number of hydrogen-bond donors (Lipinski definition) is 3. The second-order valence-electron chi connectivity index (χ2n) is 10.2. The molecule has 1 aliphatic rings. The summed E-state index contributed by atoms with van der Waals surface area (Å²) in [7, 11) is 0. The molecule has 4 rings (SSSR count). The van der Waals surface area contributed by atoms with Gasteiger partial charge in [0.1, 0.15) is 24.3 Å². The van der Waals surface area contributed by atoms with Crippen molar-refractivity contribution in [1.82, 2.24) is 9.55 Å². The van der Waals surface area contributed by atoms with Gasteiger partial charge >= 0.3 is 5.97 Å². The van der Waals surface area contributed by atoms with E-state index in [-0.39, 0.29) is 12.5 Å². The Morgan fingerprint density at radius 1 is 1.17 bits per heavy atom. The number of amides is 1. The first-order valence-electron chi connectivity index (χ1n) is 11.9. The summed E-state index contributed by atoms with van der Waals surface area (Å²) >= 11 is 0. The van der Waals surface area contributed by atoms with Crippen molar-refractivity contribution in [3.63, 3.8) is 0 Å². The zero-order chi connectivity index (χ0) is 25.4. The van der Waals surface area contributed by atoms with E-state index in [4.69, 9.17) is 4.74 Å². The van der Waals surface area contributed by atoms with E-state index in [1.807, 2.05) is 49.6 Å². The number of aliphatic hydroxyl groups is 1. The Bertz CT molecular complexity index is 1230. The number of aromatic nitrogens is 2. The molecule has 8 nitrogen and oxygen atoms in total. The molecule has 3 atom stereocenters. The molecule has 3 N–H and O–H groups in total. The molecule has 186 valence electrons. The summed E-state index contributed by atoms with van der Waals surface area (Å²) in [5, 5.41) is 23.1. The van der Waals surface area contributed by atoms with Crippen LogP contribution < -0.4 is 10.1 Å².